The third-order valence-electron chi connectivity index (χ3n) is 3.71. The number of halogens is 1. The molecule has 98 valence electrons. The molecule has 1 atom stereocenters. The Labute approximate surface area is 102 Å². The normalized spacial score (nSPS) is 18.4. The van der Waals surface area contributed by atoms with E-state index in [1.807, 2.05) is 20.8 Å². The van der Waals surface area contributed by atoms with Crippen molar-refractivity contribution >= 4 is 16.9 Å². The standard InChI is InChI=1S/C11H28FNOSi2/c1-10(2,3)15(7,8)13-14-16(9,12)11(4,5)6/h13H,1-9H3. The van der Waals surface area contributed by atoms with Gasteiger partial charge in [0.15, 0.2) is 8.24 Å². The first kappa shape index (κ1) is 16.3. The van der Waals surface area contributed by atoms with Crippen LogP contribution in [0.15, 0.2) is 0 Å². The zero-order valence-electron chi connectivity index (χ0n) is 12.3. The van der Waals surface area contributed by atoms with Crippen molar-refractivity contribution in [3.63, 3.8) is 0 Å². The van der Waals surface area contributed by atoms with Gasteiger partial charge in [-0.05, 0) is 11.6 Å². The first-order valence-corrected chi connectivity index (χ1v) is 11.1. The molecule has 5 heteroatoms. The van der Waals surface area contributed by atoms with Gasteiger partial charge in [-0.25, -0.2) is 5.15 Å². The number of rotatable bonds is 3. The summed E-state index contributed by atoms with van der Waals surface area (Å²) in [6.45, 7) is 18.1. The summed E-state index contributed by atoms with van der Waals surface area (Å²) in [7, 11) is -4.94. The van der Waals surface area contributed by atoms with Gasteiger partial charge >= 0.3 is 8.65 Å². The van der Waals surface area contributed by atoms with Gasteiger partial charge in [0.1, 0.15) is 0 Å². The SMILES string of the molecule is CC(C)(C)[Si](C)(C)NO[Si](C)(F)C(C)(C)C. The summed E-state index contributed by atoms with van der Waals surface area (Å²) in [5.74, 6) is 0. The summed E-state index contributed by atoms with van der Waals surface area (Å²) in [6.07, 6.45) is 0. The van der Waals surface area contributed by atoms with Gasteiger partial charge in [-0.3, -0.25) is 4.11 Å². The van der Waals surface area contributed by atoms with Crippen LogP contribution >= 0.6 is 0 Å². The largest absolute Gasteiger partial charge is 0.402 e. The first-order valence-electron chi connectivity index (χ1n) is 5.85. The molecule has 1 unspecified atom stereocenters. The van der Waals surface area contributed by atoms with Gasteiger partial charge in [-0.1, -0.05) is 54.6 Å². The molecule has 0 aliphatic heterocycles. The Morgan fingerprint density at radius 1 is 0.875 bits per heavy atom. The highest BCUT2D eigenvalue weighted by Gasteiger charge is 2.47. The third kappa shape index (κ3) is 3.94. The summed E-state index contributed by atoms with van der Waals surface area (Å²) in [4.78, 5) is 0. The van der Waals surface area contributed by atoms with Gasteiger partial charge in [0.05, 0.1) is 0 Å². The summed E-state index contributed by atoms with van der Waals surface area (Å²) < 4.78 is 19.9. The van der Waals surface area contributed by atoms with E-state index in [0.717, 1.165) is 0 Å². The van der Waals surface area contributed by atoms with Gasteiger partial charge in [-0.15, -0.1) is 0 Å². The first-order chi connectivity index (χ1) is 6.71. The quantitative estimate of drug-likeness (QED) is 0.465. The van der Waals surface area contributed by atoms with Crippen LogP contribution in [0.2, 0.25) is 29.7 Å². The average molecular weight is 266 g/mol. The van der Waals surface area contributed by atoms with Gasteiger partial charge in [0.2, 0.25) is 0 Å². The monoisotopic (exact) mass is 265 g/mol. The molecule has 0 rings (SSSR count). The predicted octanol–water partition coefficient (Wildman–Crippen LogP) is 4.35. The highest BCUT2D eigenvalue weighted by Crippen LogP contribution is 2.39. The van der Waals surface area contributed by atoms with E-state index in [1.54, 1.807) is 6.55 Å². The molecule has 0 fully saturated rings. The highest BCUT2D eigenvalue weighted by atomic mass is 28.4. The second-order valence-corrected chi connectivity index (χ2v) is 15.7. The predicted molar refractivity (Wildman–Crippen MR) is 73.9 cm³/mol. The Kier molecular flexibility index (Phi) is 4.59. The van der Waals surface area contributed by atoms with Gasteiger partial charge in [0, 0.05) is 5.04 Å². The molecule has 0 aromatic heterocycles. The molecule has 0 radical (unpaired) electrons. The van der Waals surface area contributed by atoms with Crippen molar-refractivity contribution in [2.45, 2.75) is 71.3 Å². The van der Waals surface area contributed by atoms with E-state index in [0.29, 0.717) is 0 Å². The molecule has 0 bridgehead atoms. The fraction of sp³-hybridized carbons (Fsp3) is 1.00. The lowest BCUT2D eigenvalue weighted by atomic mass is 10.2. The Bertz CT molecular complexity index is 215. The molecule has 0 saturated carbocycles. The molecule has 0 aromatic carbocycles. The number of nitrogens with one attached hydrogen (secondary N) is 1. The second-order valence-electron chi connectivity index (χ2n) is 7.25. The van der Waals surface area contributed by atoms with Crippen molar-refractivity contribution in [1.82, 2.24) is 5.15 Å². The zero-order chi connectivity index (χ0) is 13.4. The van der Waals surface area contributed by atoms with E-state index < -0.39 is 21.9 Å². The molecule has 1 N–H and O–H groups in total. The minimum Gasteiger partial charge on any atom is -0.314 e. The lowest BCUT2D eigenvalue weighted by Crippen LogP contribution is -2.57. The van der Waals surface area contributed by atoms with E-state index >= 15 is 0 Å². The van der Waals surface area contributed by atoms with E-state index in [2.05, 4.69) is 39.0 Å². The molecular weight excluding hydrogens is 237 g/mol. The van der Waals surface area contributed by atoms with Crippen LogP contribution in [0.25, 0.3) is 0 Å². The zero-order valence-corrected chi connectivity index (χ0v) is 14.3. The molecule has 2 nitrogen and oxygen atoms in total. The highest BCUT2D eigenvalue weighted by molar-refractivity contribution is 6.78. The van der Waals surface area contributed by atoms with Crippen molar-refractivity contribution in [3.05, 3.63) is 0 Å². The molecular formula is C11H28FNOSi2. The lowest BCUT2D eigenvalue weighted by molar-refractivity contribution is 0.196. The Balaban J connectivity index is 4.59. The maximum absolute atomic E-state index is 14.4. The van der Waals surface area contributed by atoms with Crippen LogP contribution in [0.3, 0.4) is 0 Å². The van der Waals surface area contributed by atoms with E-state index in [-0.39, 0.29) is 5.04 Å². The summed E-state index contributed by atoms with van der Waals surface area (Å²) in [5, 5.41) is 2.82. The number of hydrogen-bond acceptors (Lipinski definition) is 2. The van der Waals surface area contributed by atoms with Gasteiger partial charge < -0.3 is 4.53 Å². The molecule has 0 amide bonds. The van der Waals surface area contributed by atoms with Crippen molar-refractivity contribution in [3.8, 4) is 0 Å². The Morgan fingerprint density at radius 3 is 1.50 bits per heavy atom. The summed E-state index contributed by atoms with van der Waals surface area (Å²) in [5.41, 5.74) is 0. The molecule has 0 aliphatic carbocycles. The van der Waals surface area contributed by atoms with Crippen molar-refractivity contribution < 1.29 is 8.63 Å². The van der Waals surface area contributed by atoms with Gasteiger partial charge in [0.25, 0.3) is 0 Å². The molecule has 0 spiro atoms. The minimum absolute atomic E-state index is 0.148. The molecule has 0 aromatic rings. The maximum Gasteiger partial charge on any atom is 0.402 e. The van der Waals surface area contributed by atoms with Crippen LogP contribution in [-0.4, -0.2) is 16.9 Å². The van der Waals surface area contributed by atoms with Crippen LogP contribution in [0.1, 0.15) is 41.5 Å². The van der Waals surface area contributed by atoms with Crippen molar-refractivity contribution in [2.24, 2.45) is 0 Å². The maximum atomic E-state index is 14.4. The fourth-order valence-corrected chi connectivity index (χ4v) is 2.93. The molecule has 0 aliphatic rings. The summed E-state index contributed by atoms with van der Waals surface area (Å²) >= 11 is 0. The van der Waals surface area contributed by atoms with Crippen LogP contribution in [-0.2, 0) is 4.53 Å². The molecule has 0 saturated heterocycles. The van der Waals surface area contributed by atoms with Crippen LogP contribution in [0.5, 0.6) is 0 Å². The van der Waals surface area contributed by atoms with E-state index in [9.17, 15) is 4.11 Å². The number of hydrogen-bond donors (Lipinski definition) is 1. The van der Waals surface area contributed by atoms with Crippen molar-refractivity contribution in [2.75, 3.05) is 0 Å². The van der Waals surface area contributed by atoms with Crippen LogP contribution < -0.4 is 5.15 Å². The molecule has 0 heterocycles. The fourth-order valence-electron chi connectivity index (χ4n) is 0.530. The topological polar surface area (TPSA) is 21.3 Å². The van der Waals surface area contributed by atoms with Crippen LogP contribution in [0.4, 0.5) is 4.11 Å². The summed E-state index contributed by atoms with van der Waals surface area (Å²) in [6, 6.07) is 0. The van der Waals surface area contributed by atoms with Crippen LogP contribution in [0, 0.1) is 0 Å². The Morgan fingerprint density at radius 2 is 1.25 bits per heavy atom. The van der Waals surface area contributed by atoms with E-state index in [4.69, 9.17) is 4.53 Å². The average Bonchev–Trinajstić information content (AvgIpc) is 1.97. The van der Waals surface area contributed by atoms with E-state index in [1.165, 1.54) is 0 Å². The minimum atomic E-state index is -3.17. The third-order valence-corrected chi connectivity index (χ3v) is 11.4. The van der Waals surface area contributed by atoms with Crippen molar-refractivity contribution in [1.29, 1.82) is 0 Å². The lowest BCUT2D eigenvalue weighted by Gasteiger charge is -2.40. The smallest absolute Gasteiger partial charge is 0.314 e. The Hall–Kier alpha value is 0.284. The molecule has 16 heavy (non-hydrogen) atoms. The second kappa shape index (κ2) is 4.51. The van der Waals surface area contributed by atoms with Gasteiger partial charge in [-0.2, -0.15) is 0 Å².